The highest BCUT2D eigenvalue weighted by molar-refractivity contribution is 5.98. The standard InChI is InChI=1S/C32H40N4O4/c1-32(2,3)40-31(39)34-18-19-35(25(21-34)20-23-12-6-4-7-13-23)30(38)28-29(24-14-8-5-9-15-24)36(22-33-28)26-16-10-11-17-27(26)37/h4-9,12-15,22,25-27,37H,10-11,16-21H2,1-3H3/t25-,26+,27-/m1/s1. The van der Waals surface area contributed by atoms with Gasteiger partial charge in [-0.3, -0.25) is 4.79 Å². The van der Waals surface area contributed by atoms with Gasteiger partial charge in [0.15, 0.2) is 5.69 Å². The van der Waals surface area contributed by atoms with Crippen LogP contribution in [-0.4, -0.2) is 73.8 Å². The van der Waals surface area contributed by atoms with Crippen molar-refractivity contribution in [1.29, 1.82) is 0 Å². The molecule has 2 aromatic carbocycles. The highest BCUT2D eigenvalue weighted by Crippen LogP contribution is 2.35. The predicted molar refractivity (Wildman–Crippen MR) is 154 cm³/mol. The van der Waals surface area contributed by atoms with Crippen molar-refractivity contribution in [3.63, 3.8) is 0 Å². The predicted octanol–water partition coefficient (Wildman–Crippen LogP) is 5.33. The summed E-state index contributed by atoms with van der Waals surface area (Å²) in [6.07, 6.45) is 5.11. The zero-order valence-electron chi connectivity index (χ0n) is 23.7. The van der Waals surface area contributed by atoms with E-state index in [1.165, 1.54) is 0 Å². The molecule has 8 heteroatoms. The second kappa shape index (κ2) is 11.8. The van der Waals surface area contributed by atoms with Crippen LogP contribution in [0.5, 0.6) is 0 Å². The lowest BCUT2D eigenvalue weighted by Gasteiger charge is -2.41. The van der Waals surface area contributed by atoms with E-state index in [0.717, 1.165) is 42.5 Å². The van der Waals surface area contributed by atoms with Crippen LogP contribution in [-0.2, 0) is 11.2 Å². The summed E-state index contributed by atoms with van der Waals surface area (Å²) in [5.74, 6) is -0.160. The van der Waals surface area contributed by atoms with Crippen molar-refractivity contribution in [3.05, 3.63) is 78.2 Å². The van der Waals surface area contributed by atoms with Gasteiger partial charge in [-0.25, -0.2) is 9.78 Å². The summed E-state index contributed by atoms with van der Waals surface area (Å²) < 4.78 is 7.67. The van der Waals surface area contributed by atoms with Crippen molar-refractivity contribution in [3.8, 4) is 11.3 Å². The number of rotatable bonds is 5. The third-order valence-corrected chi connectivity index (χ3v) is 7.80. The Morgan fingerprint density at radius 3 is 2.33 bits per heavy atom. The summed E-state index contributed by atoms with van der Waals surface area (Å²) in [5.41, 5.74) is 2.51. The number of hydrogen-bond acceptors (Lipinski definition) is 5. The average Bonchev–Trinajstić information content (AvgIpc) is 3.38. The van der Waals surface area contributed by atoms with Crippen LogP contribution in [0.25, 0.3) is 11.3 Å². The number of aliphatic hydroxyl groups is 1. The summed E-state index contributed by atoms with van der Waals surface area (Å²) >= 11 is 0. The monoisotopic (exact) mass is 544 g/mol. The summed E-state index contributed by atoms with van der Waals surface area (Å²) in [4.78, 5) is 35.5. The Morgan fingerprint density at radius 1 is 0.975 bits per heavy atom. The molecule has 40 heavy (non-hydrogen) atoms. The molecule has 1 N–H and O–H groups in total. The lowest BCUT2D eigenvalue weighted by Crippen LogP contribution is -2.58. The van der Waals surface area contributed by atoms with Crippen LogP contribution in [0, 0.1) is 0 Å². The first-order valence-corrected chi connectivity index (χ1v) is 14.3. The number of piperazine rings is 1. The number of aliphatic hydroxyl groups excluding tert-OH is 1. The summed E-state index contributed by atoms with van der Waals surface area (Å²) in [7, 11) is 0. The molecule has 3 aromatic rings. The largest absolute Gasteiger partial charge is 0.444 e. The molecule has 1 aliphatic heterocycles. The molecule has 2 aliphatic rings. The van der Waals surface area contributed by atoms with E-state index >= 15 is 0 Å². The maximum absolute atomic E-state index is 14.3. The first kappa shape index (κ1) is 27.9. The van der Waals surface area contributed by atoms with Gasteiger partial charge < -0.3 is 24.2 Å². The molecule has 0 unspecified atom stereocenters. The number of carbonyl (C=O) groups is 2. The Bertz CT molecular complexity index is 1300. The number of imidazole rings is 1. The van der Waals surface area contributed by atoms with Crippen molar-refractivity contribution >= 4 is 12.0 Å². The highest BCUT2D eigenvalue weighted by Gasteiger charge is 2.37. The second-order valence-electron chi connectivity index (χ2n) is 11.9. The van der Waals surface area contributed by atoms with Crippen LogP contribution in [0.15, 0.2) is 67.0 Å². The maximum atomic E-state index is 14.3. The molecular weight excluding hydrogens is 504 g/mol. The number of hydrogen-bond donors (Lipinski definition) is 1. The molecule has 0 radical (unpaired) electrons. The number of carbonyl (C=O) groups excluding carboxylic acids is 2. The Kier molecular flexibility index (Phi) is 8.26. The molecular formula is C32H40N4O4. The number of benzene rings is 2. The van der Waals surface area contributed by atoms with Crippen LogP contribution in [0.1, 0.15) is 68.5 Å². The van der Waals surface area contributed by atoms with Gasteiger partial charge in [0.2, 0.25) is 0 Å². The highest BCUT2D eigenvalue weighted by atomic mass is 16.6. The van der Waals surface area contributed by atoms with E-state index in [4.69, 9.17) is 4.74 Å². The van der Waals surface area contributed by atoms with Crippen LogP contribution in [0.4, 0.5) is 4.79 Å². The molecule has 0 spiro atoms. The number of nitrogens with zero attached hydrogens (tertiary/aromatic N) is 4. The molecule has 2 fully saturated rings. The minimum atomic E-state index is -0.597. The first-order chi connectivity index (χ1) is 19.2. The third-order valence-electron chi connectivity index (χ3n) is 7.80. The van der Waals surface area contributed by atoms with Crippen LogP contribution in [0.2, 0.25) is 0 Å². The molecule has 1 aromatic heterocycles. The van der Waals surface area contributed by atoms with Crippen LogP contribution < -0.4 is 0 Å². The zero-order chi connectivity index (χ0) is 28.3. The third kappa shape index (κ3) is 6.22. The van der Waals surface area contributed by atoms with Gasteiger partial charge in [0.1, 0.15) is 5.60 Å². The van der Waals surface area contributed by atoms with Gasteiger partial charge in [-0.2, -0.15) is 0 Å². The molecule has 8 nitrogen and oxygen atoms in total. The smallest absolute Gasteiger partial charge is 0.410 e. The Labute approximate surface area is 236 Å². The molecule has 1 aliphatic carbocycles. The molecule has 0 bridgehead atoms. The van der Waals surface area contributed by atoms with Crippen molar-refractivity contribution in [2.24, 2.45) is 0 Å². The fourth-order valence-corrected chi connectivity index (χ4v) is 5.88. The number of ether oxygens (including phenoxy) is 1. The van der Waals surface area contributed by atoms with Gasteiger partial charge in [0.25, 0.3) is 5.91 Å². The molecule has 2 amide bonds. The molecule has 3 atom stereocenters. The van der Waals surface area contributed by atoms with E-state index in [1.807, 2.05) is 90.9 Å². The van der Waals surface area contributed by atoms with Gasteiger partial charge in [0, 0.05) is 25.2 Å². The van der Waals surface area contributed by atoms with E-state index in [1.54, 1.807) is 11.2 Å². The minimum absolute atomic E-state index is 0.123. The maximum Gasteiger partial charge on any atom is 0.410 e. The lowest BCUT2D eigenvalue weighted by atomic mass is 9.92. The average molecular weight is 545 g/mol. The van der Waals surface area contributed by atoms with Crippen molar-refractivity contribution in [1.82, 2.24) is 19.4 Å². The summed E-state index contributed by atoms with van der Waals surface area (Å²) in [6, 6.07) is 19.5. The van der Waals surface area contributed by atoms with Crippen molar-refractivity contribution < 1.29 is 19.4 Å². The topological polar surface area (TPSA) is 87.9 Å². The number of aromatic nitrogens is 2. The second-order valence-corrected chi connectivity index (χ2v) is 11.9. The number of amides is 2. The quantitative estimate of drug-likeness (QED) is 0.469. The molecule has 212 valence electrons. The van der Waals surface area contributed by atoms with Crippen LogP contribution >= 0.6 is 0 Å². The van der Waals surface area contributed by atoms with Gasteiger partial charge in [-0.05, 0) is 45.6 Å². The molecule has 1 saturated heterocycles. The fraction of sp³-hybridized carbons (Fsp3) is 0.469. The fourth-order valence-electron chi connectivity index (χ4n) is 5.88. The van der Waals surface area contributed by atoms with Crippen LogP contribution in [0.3, 0.4) is 0 Å². The van der Waals surface area contributed by atoms with E-state index in [-0.39, 0.29) is 24.1 Å². The summed E-state index contributed by atoms with van der Waals surface area (Å²) in [6.45, 7) is 6.71. The van der Waals surface area contributed by atoms with Crippen molar-refractivity contribution in [2.75, 3.05) is 19.6 Å². The lowest BCUT2D eigenvalue weighted by molar-refractivity contribution is 0.00429. The van der Waals surface area contributed by atoms with E-state index in [2.05, 4.69) is 4.98 Å². The van der Waals surface area contributed by atoms with E-state index in [9.17, 15) is 14.7 Å². The van der Waals surface area contributed by atoms with Gasteiger partial charge in [0.05, 0.1) is 30.2 Å². The Morgan fingerprint density at radius 2 is 1.65 bits per heavy atom. The van der Waals surface area contributed by atoms with Gasteiger partial charge in [-0.1, -0.05) is 73.5 Å². The van der Waals surface area contributed by atoms with Gasteiger partial charge in [-0.15, -0.1) is 0 Å². The molecule has 1 saturated carbocycles. The molecule has 2 heterocycles. The Balaban J connectivity index is 1.48. The van der Waals surface area contributed by atoms with E-state index in [0.29, 0.717) is 31.7 Å². The van der Waals surface area contributed by atoms with E-state index < -0.39 is 11.7 Å². The first-order valence-electron chi connectivity index (χ1n) is 14.3. The molecule has 5 rings (SSSR count). The zero-order valence-corrected chi connectivity index (χ0v) is 23.7. The minimum Gasteiger partial charge on any atom is -0.444 e. The summed E-state index contributed by atoms with van der Waals surface area (Å²) in [5, 5.41) is 10.9. The van der Waals surface area contributed by atoms with Crippen molar-refractivity contribution in [2.45, 2.75) is 76.7 Å². The SMILES string of the molecule is CC(C)(C)OC(=O)N1CCN(C(=O)c2ncn([C@H]3CCCC[C@H]3O)c2-c2ccccc2)[C@H](Cc2ccccc2)C1. The van der Waals surface area contributed by atoms with Gasteiger partial charge >= 0.3 is 6.09 Å². The Hall–Kier alpha value is -3.65. The normalized spacial score (nSPS) is 21.8.